The van der Waals surface area contributed by atoms with Crippen LogP contribution in [0, 0.1) is 0 Å². The molecule has 0 spiro atoms. The molecule has 1 N–H and O–H groups in total. The van der Waals surface area contributed by atoms with Gasteiger partial charge in [0.1, 0.15) is 6.33 Å². The molecule has 0 aliphatic carbocycles. The summed E-state index contributed by atoms with van der Waals surface area (Å²) in [5.74, 6) is 0.845. The monoisotopic (exact) mass is 281 g/mol. The fourth-order valence-electron chi connectivity index (χ4n) is 1.33. The Kier molecular flexibility index (Phi) is 3.51. The first-order valence-electron chi connectivity index (χ1n) is 4.93. The van der Waals surface area contributed by atoms with Crippen molar-refractivity contribution in [3.05, 3.63) is 35.1 Å². The van der Waals surface area contributed by atoms with E-state index in [0.29, 0.717) is 0 Å². The summed E-state index contributed by atoms with van der Waals surface area (Å²) in [6.07, 6.45) is 6.05. The third-order valence-electron chi connectivity index (χ3n) is 2.03. The van der Waals surface area contributed by atoms with Gasteiger partial charge in [0.05, 0.1) is 11.9 Å². The van der Waals surface area contributed by atoms with Crippen molar-refractivity contribution in [2.75, 3.05) is 11.9 Å². The number of aryl methyl sites for hydroxylation is 1. The van der Waals surface area contributed by atoms with Crippen LogP contribution in [0.2, 0.25) is 0 Å². The highest BCUT2D eigenvalue weighted by molar-refractivity contribution is 9.10. The van der Waals surface area contributed by atoms with Crippen molar-refractivity contribution in [2.24, 2.45) is 7.05 Å². The van der Waals surface area contributed by atoms with Crippen LogP contribution in [0.3, 0.4) is 0 Å². The Bertz CT molecular complexity index is 468. The molecule has 0 atom stereocenters. The van der Waals surface area contributed by atoms with Gasteiger partial charge in [-0.25, -0.2) is 4.98 Å². The summed E-state index contributed by atoms with van der Waals surface area (Å²) < 4.78 is 2.67. The van der Waals surface area contributed by atoms with Crippen molar-refractivity contribution in [2.45, 2.75) is 6.42 Å². The highest BCUT2D eigenvalue weighted by atomic mass is 79.9. The van der Waals surface area contributed by atoms with E-state index in [9.17, 15) is 0 Å². The van der Waals surface area contributed by atoms with Crippen LogP contribution >= 0.6 is 15.9 Å². The number of aromatic nitrogens is 4. The zero-order valence-corrected chi connectivity index (χ0v) is 10.5. The first kappa shape index (κ1) is 11.1. The van der Waals surface area contributed by atoms with Gasteiger partial charge in [-0.2, -0.15) is 5.10 Å². The van der Waals surface area contributed by atoms with Gasteiger partial charge >= 0.3 is 0 Å². The van der Waals surface area contributed by atoms with E-state index in [1.807, 2.05) is 13.1 Å². The predicted octanol–water partition coefficient (Wildman–Crippen LogP) is 1.63. The Balaban J connectivity index is 1.84. The zero-order chi connectivity index (χ0) is 11.4. The minimum atomic E-state index is 0.794. The first-order chi connectivity index (χ1) is 7.74. The van der Waals surface area contributed by atoms with E-state index in [-0.39, 0.29) is 0 Å². The van der Waals surface area contributed by atoms with E-state index >= 15 is 0 Å². The maximum atomic E-state index is 4.20. The molecule has 5 nitrogen and oxygen atoms in total. The van der Waals surface area contributed by atoms with Gasteiger partial charge in [0, 0.05) is 30.7 Å². The average molecular weight is 282 g/mol. The fourth-order valence-corrected chi connectivity index (χ4v) is 1.69. The van der Waals surface area contributed by atoms with Gasteiger partial charge in [-0.15, -0.1) is 0 Å². The highest BCUT2D eigenvalue weighted by Crippen LogP contribution is 2.13. The lowest BCUT2D eigenvalue weighted by Crippen LogP contribution is -2.06. The molecule has 0 amide bonds. The summed E-state index contributed by atoms with van der Waals surface area (Å²) in [5, 5.41) is 7.46. The number of pyridine rings is 1. The van der Waals surface area contributed by atoms with E-state index in [4.69, 9.17) is 0 Å². The molecular formula is C10H12BrN5. The number of nitrogens with one attached hydrogen (secondary N) is 1. The molecule has 84 valence electrons. The maximum Gasteiger partial charge on any atom is 0.152 e. The smallest absolute Gasteiger partial charge is 0.152 e. The number of anilines is 1. The zero-order valence-electron chi connectivity index (χ0n) is 8.89. The molecule has 2 aromatic heterocycles. The van der Waals surface area contributed by atoms with Crippen LogP contribution in [0.5, 0.6) is 0 Å². The van der Waals surface area contributed by atoms with Crippen molar-refractivity contribution in [1.29, 1.82) is 0 Å². The molecular weight excluding hydrogens is 270 g/mol. The third kappa shape index (κ3) is 3.03. The predicted molar refractivity (Wildman–Crippen MR) is 65.1 cm³/mol. The summed E-state index contributed by atoms with van der Waals surface area (Å²) in [7, 11) is 1.86. The van der Waals surface area contributed by atoms with Gasteiger partial charge in [0.2, 0.25) is 0 Å². The van der Waals surface area contributed by atoms with Crippen LogP contribution in [0.1, 0.15) is 5.82 Å². The molecule has 2 aromatic rings. The molecule has 0 aliphatic rings. The lowest BCUT2D eigenvalue weighted by molar-refractivity contribution is 0.742. The van der Waals surface area contributed by atoms with Crippen LogP contribution in [0.4, 0.5) is 5.69 Å². The lowest BCUT2D eigenvalue weighted by atomic mass is 10.3. The highest BCUT2D eigenvalue weighted by Gasteiger charge is 1.98. The molecule has 0 saturated carbocycles. The molecule has 0 unspecified atom stereocenters. The van der Waals surface area contributed by atoms with Gasteiger partial charge in [-0.3, -0.25) is 9.67 Å². The normalized spacial score (nSPS) is 10.4. The Labute approximate surface area is 102 Å². The minimum absolute atomic E-state index is 0.794. The van der Waals surface area contributed by atoms with Crippen LogP contribution in [-0.2, 0) is 13.5 Å². The molecule has 0 fully saturated rings. The number of rotatable bonds is 4. The van der Waals surface area contributed by atoms with Gasteiger partial charge < -0.3 is 5.32 Å². The Morgan fingerprint density at radius 1 is 1.44 bits per heavy atom. The Hall–Kier alpha value is -1.43. The van der Waals surface area contributed by atoms with Gasteiger partial charge in [0.15, 0.2) is 5.82 Å². The lowest BCUT2D eigenvalue weighted by Gasteiger charge is -2.04. The second kappa shape index (κ2) is 5.07. The number of halogens is 1. The summed E-state index contributed by atoms with van der Waals surface area (Å²) in [5.41, 5.74) is 0.991. The number of hydrogen-bond acceptors (Lipinski definition) is 4. The summed E-state index contributed by atoms with van der Waals surface area (Å²) in [6, 6.07) is 1.98. The summed E-state index contributed by atoms with van der Waals surface area (Å²) in [6.45, 7) is 0.794. The molecule has 0 aliphatic heterocycles. The fraction of sp³-hybridized carbons (Fsp3) is 0.300. The topological polar surface area (TPSA) is 55.6 Å². The van der Waals surface area contributed by atoms with E-state index in [1.54, 1.807) is 23.4 Å². The molecule has 6 heteroatoms. The van der Waals surface area contributed by atoms with Crippen LogP contribution in [-0.4, -0.2) is 26.3 Å². The quantitative estimate of drug-likeness (QED) is 0.926. The molecule has 0 bridgehead atoms. The van der Waals surface area contributed by atoms with Gasteiger partial charge in [-0.05, 0) is 22.0 Å². The SMILES string of the molecule is Cn1cnc(CCNc2cncc(Br)c2)n1. The summed E-state index contributed by atoms with van der Waals surface area (Å²) in [4.78, 5) is 8.22. The van der Waals surface area contributed by atoms with Crippen LogP contribution in [0.25, 0.3) is 0 Å². The molecule has 16 heavy (non-hydrogen) atoms. The van der Waals surface area contributed by atoms with Crippen molar-refractivity contribution < 1.29 is 0 Å². The number of nitrogens with zero attached hydrogens (tertiary/aromatic N) is 4. The molecule has 2 rings (SSSR count). The molecule has 0 saturated heterocycles. The second-order valence-corrected chi connectivity index (χ2v) is 4.32. The average Bonchev–Trinajstić information content (AvgIpc) is 2.64. The minimum Gasteiger partial charge on any atom is -0.383 e. The van der Waals surface area contributed by atoms with Crippen molar-refractivity contribution in [1.82, 2.24) is 19.7 Å². The van der Waals surface area contributed by atoms with Crippen molar-refractivity contribution >= 4 is 21.6 Å². The Morgan fingerprint density at radius 2 is 2.31 bits per heavy atom. The second-order valence-electron chi connectivity index (χ2n) is 3.40. The Morgan fingerprint density at radius 3 is 3.00 bits per heavy atom. The van der Waals surface area contributed by atoms with Gasteiger partial charge in [-0.1, -0.05) is 0 Å². The van der Waals surface area contributed by atoms with E-state index in [2.05, 4.69) is 36.3 Å². The van der Waals surface area contributed by atoms with E-state index in [0.717, 1.165) is 29.0 Å². The van der Waals surface area contributed by atoms with Crippen molar-refractivity contribution in [3.63, 3.8) is 0 Å². The molecule has 2 heterocycles. The largest absolute Gasteiger partial charge is 0.383 e. The van der Waals surface area contributed by atoms with Crippen LogP contribution in [0.15, 0.2) is 29.3 Å². The number of hydrogen-bond donors (Lipinski definition) is 1. The maximum absolute atomic E-state index is 4.20. The first-order valence-corrected chi connectivity index (χ1v) is 5.72. The van der Waals surface area contributed by atoms with Crippen molar-refractivity contribution in [3.8, 4) is 0 Å². The van der Waals surface area contributed by atoms with E-state index in [1.165, 1.54) is 0 Å². The summed E-state index contributed by atoms with van der Waals surface area (Å²) >= 11 is 3.37. The standard InChI is InChI=1S/C10H12BrN5/c1-16-7-14-10(15-16)2-3-13-9-4-8(11)5-12-6-9/h4-7,13H,2-3H2,1H3. The van der Waals surface area contributed by atoms with Gasteiger partial charge in [0.25, 0.3) is 0 Å². The van der Waals surface area contributed by atoms with E-state index < -0.39 is 0 Å². The van der Waals surface area contributed by atoms with Crippen LogP contribution < -0.4 is 5.32 Å². The third-order valence-corrected chi connectivity index (χ3v) is 2.46. The molecule has 0 radical (unpaired) electrons. The molecule has 0 aromatic carbocycles.